The van der Waals surface area contributed by atoms with Crippen LogP contribution in [0.15, 0.2) is 81.8 Å². The molecule has 1 fully saturated rings. The Labute approximate surface area is 207 Å². The van der Waals surface area contributed by atoms with Crippen molar-refractivity contribution in [2.45, 2.75) is 38.7 Å². The number of aryl methyl sites for hydroxylation is 1. The van der Waals surface area contributed by atoms with Crippen molar-refractivity contribution in [3.63, 3.8) is 0 Å². The quantitative estimate of drug-likeness (QED) is 0.280. The van der Waals surface area contributed by atoms with Crippen LogP contribution in [0.5, 0.6) is 0 Å². The van der Waals surface area contributed by atoms with Crippen LogP contribution in [0.1, 0.15) is 48.6 Å². The number of nitrogens with one attached hydrogen (secondary N) is 1. The van der Waals surface area contributed by atoms with Crippen molar-refractivity contribution in [3.05, 3.63) is 94.1 Å². The minimum Gasteiger partial charge on any atom is -0.441 e. The van der Waals surface area contributed by atoms with Crippen molar-refractivity contribution in [2.24, 2.45) is 0 Å². The lowest BCUT2D eigenvalue weighted by molar-refractivity contribution is 0.121. The molecule has 5 nitrogen and oxygen atoms in total. The number of carbonyl (C=O) groups excluding carboxylic acids is 1. The van der Waals surface area contributed by atoms with E-state index in [0.29, 0.717) is 17.1 Å². The minimum atomic E-state index is -0.563. The Bertz CT molecular complexity index is 1310. The van der Waals surface area contributed by atoms with Crippen molar-refractivity contribution in [2.75, 3.05) is 5.32 Å². The zero-order valence-electron chi connectivity index (χ0n) is 19.0. The van der Waals surface area contributed by atoms with E-state index in [1.165, 1.54) is 24.0 Å². The van der Waals surface area contributed by atoms with Gasteiger partial charge in [0.1, 0.15) is 17.5 Å². The van der Waals surface area contributed by atoms with Gasteiger partial charge in [-0.1, -0.05) is 81.8 Å². The zero-order valence-corrected chi connectivity index (χ0v) is 20.6. The molecule has 1 atom stereocenters. The van der Waals surface area contributed by atoms with Gasteiger partial charge in [-0.25, -0.2) is 4.79 Å². The molecular formula is C28H25BrN2O3. The molecule has 1 aromatic heterocycles. The summed E-state index contributed by atoms with van der Waals surface area (Å²) < 4.78 is 12.1. The second-order valence-electron chi connectivity index (χ2n) is 8.67. The van der Waals surface area contributed by atoms with Crippen LogP contribution < -0.4 is 5.32 Å². The van der Waals surface area contributed by atoms with Crippen molar-refractivity contribution < 1.29 is 14.1 Å². The van der Waals surface area contributed by atoms with Gasteiger partial charge >= 0.3 is 6.09 Å². The lowest BCUT2D eigenvalue weighted by Gasteiger charge is -2.14. The number of hydrogen-bond donors (Lipinski definition) is 1. The van der Waals surface area contributed by atoms with Crippen LogP contribution in [0.2, 0.25) is 0 Å². The predicted octanol–water partition coefficient (Wildman–Crippen LogP) is 8.27. The van der Waals surface area contributed by atoms with Gasteiger partial charge in [-0.05, 0) is 67.0 Å². The van der Waals surface area contributed by atoms with Crippen molar-refractivity contribution in [3.8, 4) is 22.5 Å². The number of rotatable bonds is 6. The Morgan fingerprint density at radius 1 is 1.03 bits per heavy atom. The molecule has 1 saturated carbocycles. The highest BCUT2D eigenvalue weighted by atomic mass is 79.9. The van der Waals surface area contributed by atoms with Crippen LogP contribution in [-0.4, -0.2) is 11.2 Å². The monoisotopic (exact) mass is 516 g/mol. The van der Waals surface area contributed by atoms with E-state index in [9.17, 15) is 4.79 Å². The number of aromatic nitrogens is 1. The van der Waals surface area contributed by atoms with Gasteiger partial charge in [0.15, 0.2) is 5.76 Å². The number of ether oxygens (including phenoxy) is 1. The molecule has 3 aromatic carbocycles. The van der Waals surface area contributed by atoms with Crippen molar-refractivity contribution in [1.29, 1.82) is 0 Å². The topological polar surface area (TPSA) is 64.4 Å². The predicted molar refractivity (Wildman–Crippen MR) is 137 cm³/mol. The molecule has 0 saturated heterocycles. The Hall–Kier alpha value is -3.38. The Kier molecular flexibility index (Phi) is 6.24. The number of anilines is 1. The van der Waals surface area contributed by atoms with Gasteiger partial charge in [-0.15, -0.1) is 0 Å². The van der Waals surface area contributed by atoms with Gasteiger partial charge in [-0.3, -0.25) is 5.32 Å². The van der Waals surface area contributed by atoms with E-state index in [4.69, 9.17) is 9.26 Å². The first-order valence-electron chi connectivity index (χ1n) is 11.4. The molecule has 6 heteroatoms. The van der Waals surface area contributed by atoms with E-state index >= 15 is 0 Å². The number of hydrogen-bond acceptors (Lipinski definition) is 4. The highest BCUT2D eigenvalue weighted by Gasteiger charge is 2.23. The second kappa shape index (κ2) is 9.47. The summed E-state index contributed by atoms with van der Waals surface area (Å²) in [6.07, 6.45) is 1.63. The highest BCUT2D eigenvalue weighted by molar-refractivity contribution is 9.10. The molecule has 0 aliphatic heterocycles. The highest BCUT2D eigenvalue weighted by Crippen LogP contribution is 2.40. The average Bonchev–Trinajstić information content (AvgIpc) is 3.64. The molecule has 0 spiro atoms. The maximum atomic E-state index is 12.6. The SMILES string of the molecule is Cc1noc(-c2ccc(-c3ccc(C4CC4)cc3)cc2)c1NC(=O)OC(C)c1cccc(Br)c1. The molecule has 1 heterocycles. The fourth-order valence-corrected chi connectivity index (χ4v) is 4.43. The van der Waals surface area contributed by atoms with Crippen LogP contribution in [0.3, 0.4) is 0 Å². The van der Waals surface area contributed by atoms with E-state index in [-0.39, 0.29) is 0 Å². The van der Waals surface area contributed by atoms with Gasteiger partial charge in [0, 0.05) is 10.0 Å². The largest absolute Gasteiger partial charge is 0.441 e. The molecule has 34 heavy (non-hydrogen) atoms. The maximum Gasteiger partial charge on any atom is 0.412 e. The molecule has 1 aliphatic carbocycles. The normalized spacial score (nSPS) is 14.0. The van der Waals surface area contributed by atoms with Gasteiger partial charge in [0.2, 0.25) is 0 Å². The minimum absolute atomic E-state index is 0.410. The van der Waals surface area contributed by atoms with Crippen LogP contribution in [0, 0.1) is 6.92 Å². The summed E-state index contributed by atoms with van der Waals surface area (Å²) in [6, 6.07) is 24.5. The molecule has 1 unspecified atom stereocenters. The fraction of sp³-hybridized carbons (Fsp3) is 0.214. The van der Waals surface area contributed by atoms with Crippen LogP contribution in [0.4, 0.5) is 10.5 Å². The summed E-state index contributed by atoms with van der Waals surface area (Å²) >= 11 is 3.44. The third-order valence-corrected chi connectivity index (χ3v) is 6.62. The summed E-state index contributed by atoms with van der Waals surface area (Å²) in [7, 11) is 0. The van der Waals surface area contributed by atoms with E-state index in [1.54, 1.807) is 6.92 Å². The molecule has 4 aromatic rings. The molecule has 5 rings (SSSR count). The summed E-state index contributed by atoms with van der Waals surface area (Å²) in [5.41, 5.74) is 6.54. The number of benzene rings is 3. The summed E-state index contributed by atoms with van der Waals surface area (Å²) in [5, 5.41) is 6.87. The second-order valence-corrected chi connectivity index (χ2v) is 9.59. The van der Waals surface area contributed by atoms with Gasteiger partial charge in [-0.2, -0.15) is 0 Å². The molecule has 172 valence electrons. The first-order valence-corrected chi connectivity index (χ1v) is 12.2. The van der Waals surface area contributed by atoms with Gasteiger partial charge in [0.05, 0.1) is 0 Å². The number of carbonyl (C=O) groups is 1. The van der Waals surface area contributed by atoms with Gasteiger partial charge in [0.25, 0.3) is 0 Å². The maximum absolute atomic E-state index is 12.6. The smallest absolute Gasteiger partial charge is 0.412 e. The van der Waals surface area contributed by atoms with Gasteiger partial charge < -0.3 is 9.26 Å². The molecule has 0 bridgehead atoms. The molecular weight excluding hydrogens is 492 g/mol. The lowest BCUT2D eigenvalue weighted by Crippen LogP contribution is -2.16. The van der Waals surface area contributed by atoms with Crippen LogP contribution in [-0.2, 0) is 4.74 Å². The molecule has 1 amide bonds. The Morgan fingerprint density at radius 2 is 1.68 bits per heavy atom. The average molecular weight is 517 g/mol. The Morgan fingerprint density at radius 3 is 2.32 bits per heavy atom. The molecule has 1 N–H and O–H groups in total. The third-order valence-electron chi connectivity index (χ3n) is 6.13. The van der Waals surface area contributed by atoms with E-state index in [2.05, 4.69) is 62.8 Å². The lowest BCUT2D eigenvalue weighted by atomic mass is 10.0. The van der Waals surface area contributed by atoms with E-state index < -0.39 is 12.2 Å². The third kappa shape index (κ3) is 4.92. The summed E-state index contributed by atoms with van der Waals surface area (Å²) in [6.45, 7) is 3.62. The van der Waals surface area contributed by atoms with Crippen molar-refractivity contribution >= 4 is 27.7 Å². The number of nitrogens with zero attached hydrogens (tertiary/aromatic N) is 1. The van der Waals surface area contributed by atoms with E-state index in [1.807, 2.05) is 43.3 Å². The Balaban J connectivity index is 1.30. The first kappa shape index (κ1) is 22.4. The molecule has 0 radical (unpaired) electrons. The van der Waals surface area contributed by atoms with Crippen LogP contribution >= 0.6 is 15.9 Å². The molecule has 1 aliphatic rings. The standard InChI is InChI=1S/C28H25BrN2O3/c1-17-26(30-28(32)33-18(2)24-4-3-5-25(29)16-24)27(34-31-17)23-14-12-22(13-15-23)21-10-8-20(9-11-21)19-6-7-19/h3-5,8-16,18-19H,6-7H2,1-2H3,(H,30,32). The summed E-state index contributed by atoms with van der Waals surface area (Å²) in [4.78, 5) is 12.6. The zero-order chi connectivity index (χ0) is 23.7. The van der Waals surface area contributed by atoms with Crippen molar-refractivity contribution in [1.82, 2.24) is 5.16 Å². The number of halogens is 1. The number of amides is 1. The summed E-state index contributed by atoms with van der Waals surface area (Å²) in [5.74, 6) is 1.25. The fourth-order valence-electron chi connectivity index (χ4n) is 4.01. The van der Waals surface area contributed by atoms with Crippen LogP contribution in [0.25, 0.3) is 22.5 Å². The van der Waals surface area contributed by atoms with E-state index in [0.717, 1.165) is 27.1 Å². The first-order chi connectivity index (χ1) is 16.5.